The van der Waals surface area contributed by atoms with Crippen LogP contribution < -0.4 is 9.64 Å². The van der Waals surface area contributed by atoms with E-state index >= 15 is 0 Å². The highest BCUT2D eigenvalue weighted by Gasteiger charge is 2.44. The van der Waals surface area contributed by atoms with Crippen LogP contribution in [0.2, 0.25) is 5.02 Å². The molecule has 1 unspecified atom stereocenters. The number of aryl methyl sites for hydroxylation is 1. The number of hydrogen-bond donors (Lipinski definition) is 0. The lowest BCUT2D eigenvalue weighted by Gasteiger charge is -2.13. The van der Waals surface area contributed by atoms with Gasteiger partial charge < -0.3 is 4.74 Å². The number of carbonyl (C=O) groups excluding carboxylic acids is 2. The van der Waals surface area contributed by atoms with Crippen LogP contribution >= 0.6 is 23.2 Å². The van der Waals surface area contributed by atoms with Crippen LogP contribution in [0.15, 0.2) is 47.5 Å². The lowest BCUT2D eigenvalue weighted by molar-refractivity contribution is -0.120. The van der Waals surface area contributed by atoms with Crippen LogP contribution in [0.4, 0.5) is 11.4 Å². The fraction of sp³-hybridized carbons (Fsp3) is 0.167. The minimum absolute atomic E-state index is 0.0256. The van der Waals surface area contributed by atoms with Gasteiger partial charge in [0.05, 0.1) is 18.5 Å². The number of methoxy groups -OCH3 is 1. The van der Waals surface area contributed by atoms with Crippen LogP contribution in [0.25, 0.3) is 0 Å². The number of carbonyl (C=O) groups is 2. The Morgan fingerprint density at radius 3 is 2.40 bits per heavy atom. The predicted octanol–water partition coefficient (Wildman–Crippen LogP) is 3.91. The van der Waals surface area contributed by atoms with Crippen molar-refractivity contribution in [3.63, 3.8) is 0 Å². The van der Waals surface area contributed by atoms with Crippen LogP contribution in [0.5, 0.6) is 5.75 Å². The van der Waals surface area contributed by atoms with Crippen molar-refractivity contribution in [3.8, 4) is 5.75 Å². The molecule has 0 aromatic heterocycles. The molecule has 0 bridgehead atoms. The van der Waals surface area contributed by atoms with Crippen molar-refractivity contribution in [2.24, 2.45) is 4.99 Å². The second-order valence-electron chi connectivity index (χ2n) is 5.47. The quantitative estimate of drug-likeness (QED) is 0.602. The molecule has 1 aliphatic heterocycles. The average Bonchev–Trinajstić information content (AvgIpc) is 2.82. The SMILES string of the molecule is COc1ccc(N2C(=O)C(=Nc3ccc(C)c(Cl)c3)C(Cl)C2=O)cc1. The first kappa shape index (κ1) is 17.5. The molecule has 1 saturated heterocycles. The maximum atomic E-state index is 12.7. The van der Waals surface area contributed by atoms with Gasteiger partial charge in [0.15, 0.2) is 5.38 Å². The summed E-state index contributed by atoms with van der Waals surface area (Å²) >= 11 is 12.2. The Kier molecular flexibility index (Phi) is 4.79. The number of benzene rings is 2. The molecule has 1 heterocycles. The van der Waals surface area contributed by atoms with E-state index in [4.69, 9.17) is 27.9 Å². The van der Waals surface area contributed by atoms with Crippen LogP contribution in [0.3, 0.4) is 0 Å². The van der Waals surface area contributed by atoms with Gasteiger partial charge in [0.1, 0.15) is 11.5 Å². The van der Waals surface area contributed by atoms with Gasteiger partial charge in [-0.1, -0.05) is 17.7 Å². The molecule has 2 aromatic carbocycles. The molecule has 1 aliphatic rings. The first-order valence-corrected chi connectivity index (χ1v) is 8.25. The topological polar surface area (TPSA) is 59.0 Å². The van der Waals surface area contributed by atoms with Crippen LogP contribution in [0, 0.1) is 6.92 Å². The Hall–Kier alpha value is -2.37. The van der Waals surface area contributed by atoms with Crippen LogP contribution in [-0.4, -0.2) is 30.0 Å². The summed E-state index contributed by atoms with van der Waals surface area (Å²) in [7, 11) is 1.54. The summed E-state index contributed by atoms with van der Waals surface area (Å²) in [5.41, 5.74) is 1.74. The lowest BCUT2D eigenvalue weighted by Crippen LogP contribution is -2.31. The molecule has 3 rings (SSSR count). The van der Waals surface area contributed by atoms with Gasteiger partial charge in [0, 0.05) is 5.02 Å². The van der Waals surface area contributed by atoms with Gasteiger partial charge in [-0.15, -0.1) is 11.6 Å². The van der Waals surface area contributed by atoms with Crippen molar-refractivity contribution in [2.45, 2.75) is 12.3 Å². The number of imide groups is 1. The summed E-state index contributed by atoms with van der Waals surface area (Å²) in [5, 5.41) is -0.619. The largest absolute Gasteiger partial charge is 0.497 e. The van der Waals surface area contributed by atoms with Gasteiger partial charge in [-0.3, -0.25) is 9.59 Å². The maximum Gasteiger partial charge on any atom is 0.281 e. The summed E-state index contributed by atoms with van der Waals surface area (Å²) in [5.74, 6) is -0.464. The van der Waals surface area contributed by atoms with E-state index in [1.54, 1.807) is 42.5 Å². The Labute approximate surface area is 154 Å². The fourth-order valence-corrected chi connectivity index (χ4v) is 2.84. The number of amides is 2. The monoisotopic (exact) mass is 376 g/mol. The number of rotatable bonds is 3. The van der Waals surface area contributed by atoms with Crippen molar-refractivity contribution in [2.75, 3.05) is 12.0 Å². The molecular weight excluding hydrogens is 363 g/mol. The summed E-state index contributed by atoms with van der Waals surface area (Å²) in [6, 6.07) is 11.7. The molecule has 1 fully saturated rings. The van der Waals surface area contributed by atoms with E-state index in [0.29, 0.717) is 22.1 Å². The highest BCUT2D eigenvalue weighted by molar-refractivity contribution is 6.68. The number of nitrogens with zero attached hydrogens (tertiary/aromatic N) is 2. The average molecular weight is 377 g/mol. The summed E-state index contributed by atoms with van der Waals surface area (Å²) in [6.45, 7) is 1.86. The smallest absolute Gasteiger partial charge is 0.281 e. The van der Waals surface area contributed by atoms with Crippen molar-refractivity contribution in [3.05, 3.63) is 53.1 Å². The Morgan fingerprint density at radius 2 is 1.80 bits per heavy atom. The van der Waals surface area contributed by atoms with Crippen LogP contribution in [0.1, 0.15) is 5.56 Å². The molecule has 2 amide bonds. The van der Waals surface area contributed by atoms with Gasteiger partial charge >= 0.3 is 0 Å². The number of alkyl halides is 1. The highest BCUT2D eigenvalue weighted by atomic mass is 35.5. The molecule has 0 radical (unpaired) electrons. The molecule has 0 aliphatic carbocycles. The van der Waals surface area contributed by atoms with E-state index < -0.39 is 17.2 Å². The van der Waals surface area contributed by atoms with Gasteiger partial charge in [-0.05, 0) is 48.9 Å². The van der Waals surface area contributed by atoms with Gasteiger partial charge in [0.2, 0.25) is 0 Å². The van der Waals surface area contributed by atoms with E-state index in [2.05, 4.69) is 4.99 Å². The van der Waals surface area contributed by atoms with E-state index in [1.165, 1.54) is 7.11 Å². The van der Waals surface area contributed by atoms with Gasteiger partial charge in [-0.25, -0.2) is 9.89 Å². The summed E-state index contributed by atoms with van der Waals surface area (Å²) in [4.78, 5) is 30.4. The molecule has 0 N–H and O–H groups in total. The second-order valence-corrected chi connectivity index (χ2v) is 6.31. The fourth-order valence-electron chi connectivity index (χ4n) is 2.42. The van der Waals surface area contributed by atoms with E-state index in [0.717, 1.165) is 10.5 Å². The summed E-state index contributed by atoms with van der Waals surface area (Å²) < 4.78 is 5.08. The zero-order valence-electron chi connectivity index (χ0n) is 13.5. The minimum Gasteiger partial charge on any atom is -0.497 e. The number of ether oxygens (including phenoxy) is 1. The minimum atomic E-state index is -1.14. The highest BCUT2D eigenvalue weighted by Crippen LogP contribution is 2.29. The third kappa shape index (κ3) is 3.25. The van der Waals surface area contributed by atoms with Crippen molar-refractivity contribution in [1.29, 1.82) is 0 Å². The Balaban J connectivity index is 1.96. The summed E-state index contributed by atoms with van der Waals surface area (Å²) in [6.07, 6.45) is 0. The molecule has 0 spiro atoms. The van der Waals surface area contributed by atoms with Crippen molar-refractivity contribution < 1.29 is 14.3 Å². The Morgan fingerprint density at radius 1 is 1.12 bits per heavy atom. The predicted molar refractivity (Wildman–Crippen MR) is 98.4 cm³/mol. The number of aliphatic imine (C=N–C) groups is 1. The third-order valence-corrected chi connectivity index (χ3v) is 4.64. The van der Waals surface area contributed by atoms with Crippen LogP contribution in [-0.2, 0) is 9.59 Å². The molecule has 5 nitrogen and oxygen atoms in total. The molecule has 128 valence electrons. The standard InChI is InChI=1S/C18H14Cl2N2O3/c1-10-3-4-11(9-14(10)19)21-16-15(20)17(23)22(18(16)24)12-5-7-13(25-2)8-6-12/h3-9,15H,1-2H3. The van der Waals surface area contributed by atoms with E-state index in [9.17, 15) is 9.59 Å². The van der Waals surface area contributed by atoms with Gasteiger partial charge in [-0.2, -0.15) is 0 Å². The first-order chi connectivity index (χ1) is 11.9. The zero-order chi connectivity index (χ0) is 18.1. The van der Waals surface area contributed by atoms with E-state index in [1.807, 2.05) is 6.92 Å². The number of halogens is 2. The molecular formula is C18H14Cl2N2O3. The third-order valence-electron chi connectivity index (χ3n) is 3.84. The van der Waals surface area contributed by atoms with Crippen molar-refractivity contribution in [1.82, 2.24) is 0 Å². The maximum absolute atomic E-state index is 12.7. The Bertz CT molecular complexity index is 878. The molecule has 7 heteroatoms. The zero-order valence-corrected chi connectivity index (χ0v) is 15.0. The lowest BCUT2D eigenvalue weighted by atomic mass is 10.2. The molecule has 2 aromatic rings. The number of hydrogen-bond acceptors (Lipinski definition) is 4. The van der Waals surface area contributed by atoms with E-state index in [-0.39, 0.29) is 5.71 Å². The van der Waals surface area contributed by atoms with Crippen molar-refractivity contribution >= 4 is 52.1 Å². The first-order valence-electron chi connectivity index (χ1n) is 7.43. The molecule has 25 heavy (non-hydrogen) atoms. The normalized spacial score (nSPS) is 19.0. The second kappa shape index (κ2) is 6.86. The number of anilines is 1. The van der Waals surface area contributed by atoms with Gasteiger partial charge in [0.25, 0.3) is 11.8 Å². The molecule has 1 atom stereocenters. The molecule has 0 saturated carbocycles.